The van der Waals surface area contributed by atoms with Gasteiger partial charge in [-0.1, -0.05) is 44.2 Å². The van der Waals surface area contributed by atoms with Crippen LogP contribution in [0.25, 0.3) is 0 Å². The number of ether oxygens (including phenoxy) is 2. The highest BCUT2D eigenvalue weighted by Gasteiger charge is 2.38. The van der Waals surface area contributed by atoms with E-state index in [0.29, 0.717) is 12.3 Å². The number of anilines is 2. The van der Waals surface area contributed by atoms with Crippen molar-refractivity contribution < 1.29 is 18.7 Å². The molecule has 0 bridgehead atoms. The molecule has 1 aromatic heterocycles. The first-order valence-electron chi connectivity index (χ1n) is 10.1. The van der Waals surface area contributed by atoms with Crippen molar-refractivity contribution in [2.75, 3.05) is 16.8 Å². The summed E-state index contributed by atoms with van der Waals surface area (Å²) in [7, 11) is 0. The predicted octanol–water partition coefficient (Wildman–Crippen LogP) is 5.00. The lowest BCUT2D eigenvalue weighted by Crippen LogP contribution is -2.38. The summed E-state index contributed by atoms with van der Waals surface area (Å²) < 4.78 is 25.4. The van der Waals surface area contributed by atoms with E-state index in [1.54, 1.807) is 0 Å². The number of para-hydroxylation sites is 1. The Hall–Kier alpha value is -3.68. The molecule has 1 atom stereocenters. The van der Waals surface area contributed by atoms with Crippen molar-refractivity contribution in [2.45, 2.75) is 26.4 Å². The fourth-order valence-electron chi connectivity index (χ4n) is 3.31. The number of hydrogen-bond acceptors (Lipinski definition) is 6. The van der Waals surface area contributed by atoms with Crippen molar-refractivity contribution in [1.82, 2.24) is 9.97 Å². The van der Waals surface area contributed by atoms with E-state index in [0.717, 1.165) is 17.5 Å². The summed E-state index contributed by atoms with van der Waals surface area (Å²) in [5.74, 6) is 0.993. The molecule has 7 nitrogen and oxygen atoms in total. The van der Waals surface area contributed by atoms with Gasteiger partial charge >= 0.3 is 6.09 Å². The summed E-state index contributed by atoms with van der Waals surface area (Å²) in [5.41, 5.74) is 0.934. The molecule has 1 amide bonds. The molecule has 2 heterocycles. The third kappa shape index (κ3) is 4.74. The maximum absolute atomic E-state index is 14.4. The van der Waals surface area contributed by atoms with Gasteiger partial charge in [-0.25, -0.2) is 14.2 Å². The number of carbonyl (C=O) groups excluding carboxylic acids is 1. The van der Waals surface area contributed by atoms with Gasteiger partial charge in [-0.2, -0.15) is 4.98 Å². The van der Waals surface area contributed by atoms with Gasteiger partial charge in [-0.15, -0.1) is 0 Å². The van der Waals surface area contributed by atoms with Crippen molar-refractivity contribution in [1.29, 1.82) is 0 Å². The number of nitrogens with zero attached hydrogens (tertiary/aromatic N) is 3. The number of nitrogens with one attached hydrogen (secondary N) is 1. The summed E-state index contributed by atoms with van der Waals surface area (Å²) >= 11 is 0. The Balaban J connectivity index is 1.48. The number of hydrogen-bond donors (Lipinski definition) is 1. The highest BCUT2D eigenvalue weighted by Crippen LogP contribution is 2.28. The molecular formula is C23H23FN4O3. The summed E-state index contributed by atoms with van der Waals surface area (Å²) in [6.07, 6.45) is 0.454. The lowest BCUT2D eigenvalue weighted by atomic mass is 10.0. The zero-order valence-corrected chi connectivity index (χ0v) is 17.3. The van der Waals surface area contributed by atoms with Crippen LogP contribution in [0, 0.1) is 11.7 Å². The molecule has 1 aliphatic rings. The van der Waals surface area contributed by atoms with E-state index in [-0.39, 0.29) is 30.3 Å². The highest BCUT2D eigenvalue weighted by atomic mass is 19.1. The Morgan fingerprint density at radius 3 is 2.74 bits per heavy atom. The SMILES string of the molecule is CC(C)C1COC(=O)N1c1nc(NCc2cccc(Oc3ccccc3)c2)ncc1F. The smallest absolute Gasteiger partial charge is 0.416 e. The number of rotatable bonds is 7. The van der Waals surface area contributed by atoms with E-state index in [1.165, 1.54) is 4.90 Å². The molecule has 3 aromatic rings. The predicted molar refractivity (Wildman–Crippen MR) is 115 cm³/mol. The topological polar surface area (TPSA) is 76.6 Å². The van der Waals surface area contributed by atoms with Crippen LogP contribution in [-0.2, 0) is 11.3 Å². The van der Waals surface area contributed by atoms with Crippen LogP contribution in [0.1, 0.15) is 19.4 Å². The average Bonchev–Trinajstić information content (AvgIpc) is 3.16. The third-order valence-corrected chi connectivity index (χ3v) is 4.96. The second-order valence-electron chi connectivity index (χ2n) is 7.54. The minimum absolute atomic E-state index is 0.0835. The fraction of sp³-hybridized carbons (Fsp3) is 0.261. The molecule has 1 unspecified atom stereocenters. The molecule has 0 spiro atoms. The Morgan fingerprint density at radius 2 is 1.97 bits per heavy atom. The van der Waals surface area contributed by atoms with Crippen LogP contribution in [-0.4, -0.2) is 28.7 Å². The molecule has 1 saturated heterocycles. The molecule has 31 heavy (non-hydrogen) atoms. The minimum atomic E-state index is -0.673. The normalized spacial score (nSPS) is 15.8. The van der Waals surface area contributed by atoms with Crippen LogP contribution in [0.5, 0.6) is 11.5 Å². The zero-order valence-electron chi connectivity index (χ0n) is 17.3. The quantitative estimate of drug-likeness (QED) is 0.577. The summed E-state index contributed by atoms with van der Waals surface area (Å²) in [6.45, 7) is 4.50. The van der Waals surface area contributed by atoms with Crippen molar-refractivity contribution in [3.63, 3.8) is 0 Å². The number of cyclic esters (lactones) is 1. The number of aromatic nitrogens is 2. The molecule has 0 aliphatic carbocycles. The Labute approximate surface area is 179 Å². The number of benzene rings is 2. The number of halogens is 1. The number of carbonyl (C=O) groups is 1. The summed E-state index contributed by atoms with van der Waals surface area (Å²) in [4.78, 5) is 21.7. The van der Waals surface area contributed by atoms with Crippen molar-refractivity contribution in [3.8, 4) is 11.5 Å². The average molecular weight is 422 g/mol. The van der Waals surface area contributed by atoms with Gasteiger partial charge in [0.15, 0.2) is 11.6 Å². The minimum Gasteiger partial charge on any atom is -0.457 e. The second kappa shape index (κ2) is 8.99. The largest absolute Gasteiger partial charge is 0.457 e. The van der Waals surface area contributed by atoms with Crippen LogP contribution in [0.3, 0.4) is 0 Å². The van der Waals surface area contributed by atoms with Crippen LogP contribution in [0.4, 0.5) is 21.0 Å². The van der Waals surface area contributed by atoms with Gasteiger partial charge in [0.1, 0.15) is 18.1 Å². The van der Waals surface area contributed by atoms with Crippen LogP contribution < -0.4 is 15.0 Å². The Kier molecular flexibility index (Phi) is 5.97. The Morgan fingerprint density at radius 1 is 1.19 bits per heavy atom. The molecule has 0 saturated carbocycles. The van der Waals surface area contributed by atoms with Gasteiger partial charge in [0.25, 0.3) is 0 Å². The van der Waals surface area contributed by atoms with E-state index >= 15 is 0 Å². The molecule has 4 rings (SSSR count). The molecule has 1 fully saturated rings. The number of amides is 1. The maximum Gasteiger partial charge on any atom is 0.416 e. The molecule has 2 aromatic carbocycles. The lowest BCUT2D eigenvalue weighted by Gasteiger charge is -2.23. The van der Waals surface area contributed by atoms with Crippen molar-refractivity contribution >= 4 is 17.9 Å². The van der Waals surface area contributed by atoms with Gasteiger partial charge in [0.2, 0.25) is 5.95 Å². The first kappa shape index (κ1) is 20.6. The van der Waals surface area contributed by atoms with Crippen LogP contribution in [0.2, 0.25) is 0 Å². The first-order chi connectivity index (χ1) is 15.0. The van der Waals surface area contributed by atoms with E-state index in [1.807, 2.05) is 68.4 Å². The second-order valence-corrected chi connectivity index (χ2v) is 7.54. The summed E-state index contributed by atoms with van der Waals surface area (Å²) in [6, 6.07) is 16.8. The van der Waals surface area contributed by atoms with E-state index < -0.39 is 11.9 Å². The van der Waals surface area contributed by atoms with E-state index in [2.05, 4.69) is 15.3 Å². The molecule has 160 valence electrons. The molecular weight excluding hydrogens is 399 g/mol. The van der Waals surface area contributed by atoms with Gasteiger partial charge in [0.05, 0.1) is 12.2 Å². The fourth-order valence-corrected chi connectivity index (χ4v) is 3.31. The van der Waals surface area contributed by atoms with Crippen molar-refractivity contribution in [3.05, 3.63) is 72.2 Å². The Bertz CT molecular complexity index is 1060. The summed E-state index contributed by atoms with van der Waals surface area (Å²) in [5, 5.41) is 3.08. The van der Waals surface area contributed by atoms with E-state index in [4.69, 9.17) is 9.47 Å². The maximum atomic E-state index is 14.4. The van der Waals surface area contributed by atoms with Gasteiger partial charge in [-0.3, -0.25) is 4.90 Å². The molecule has 0 radical (unpaired) electrons. The van der Waals surface area contributed by atoms with Gasteiger partial charge in [0, 0.05) is 6.54 Å². The van der Waals surface area contributed by atoms with Crippen LogP contribution in [0.15, 0.2) is 60.8 Å². The first-order valence-corrected chi connectivity index (χ1v) is 10.1. The third-order valence-electron chi connectivity index (χ3n) is 4.96. The van der Waals surface area contributed by atoms with Gasteiger partial charge < -0.3 is 14.8 Å². The van der Waals surface area contributed by atoms with Gasteiger partial charge in [-0.05, 0) is 35.7 Å². The molecule has 1 aliphatic heterocycles. The van der Waals surface area contributed by atoms with Crippen LogP contribution >= 0.6 is 0 Å². The highest BCUT2D eigenvalue weighted by molar-refractivity contribution is 5.89. The standard InChI is InChI=1S/C23H23FN4O3/c1-15(2)20-14-30-23(29)28(20)21-19(24)13-26-22(27-21)25-12-16-7-6-10-18(11-16)31-17-8-4-3-5-9-17/h3-11,13,15,20H,12,14H2,1-2H3,(H,25,26,27). The lowest BCUT2D eigenvalue weighted by molar-refractivity contribution is 0.177. The zero-order chi connectivity index (χ0) is 21.8. The molecule has 1 N–H and O–H groups in total. The van der Waals surface area contributed by atoms with E-state index in [9.17, 15) is 9.18 Å². The monoisotopic (exact) mass is 422 g/mol. The molecule has 8 heteroatoms. The van der Waals surface area contributed by atoms with Crippen molar-refractivity contribution in [2.24, 2.45) is 5.92 Å².